The average Bonchev–Trinajstić information content (AvgIpc) is 2.77. The van der Waals surface area contributed by atoms with E-state index in [4.69, 9.17) is 4.42 Å². The predicted molar refractivity (Wildman–Crippen MR) is 82.2 cm³/mol. The summed E-state index contributed by atoms with van der Waals surface area (Å²) in [5.74, 6) is -0.118. The van der Waals surface area contributed by atoms with Crippen LogP contribution in [-0.4, -0.2) is 30.5 Å². The fraction of sp³-hybridized carbons (Fsp3) is 0.267. The maximum atomic E-state index is 12.1. The number of hydrogen-bond donors (Lipinski definition) is 1. The van der Waals surface area contributed by atoms with Crippen LogP contribution in [0.2, 0.25) is 0 Å². The number of anilines is 1. The molecule has 22 heavy (non-hydrogen) atoms. The van der Waals surface area contributed by atoms with E-state index in [0.29, 0.717) is 36.3 Å². The van der Waals surface area contributed by atoms with Gasteiger partial charge in [-0.3, -0.25) is 14.9 Å². The van der Waals surface area contributed by atoms with Gasteiger partial charge in [-0.25, -0.2) is 0 Å². The van der Waals surface area contributed by atoms with Crippen molar-refractivity contribution >= 4 is 28.3 Å². The summed E-state index contributed by atoms with van der Waals surface area (Å²) in [6.07, 6.45) is 0. The Morgan fingerprint density at radius 2 is 2.32 bits per heavy atom. The number of non-ortho nitro benzene ring substituents is 1. The molecule has 7 heteroatoms. The van der Waals surface area contributed by atoms with E-state index in [1.54, 1.807) is 0 Å². The van der Waals surface area contributed by atoms with Crippen LogP contribution in [0.15, 0.2) is 34.8 Å². The Labute approximate surface area is 126 Å². The minimum absolute atomic E-state index is 0.0315. The number of hydrogen-bond acceptors (Lipinski definition) is 5. The van der Waals surface area contributed by atoms with Crippen LogP contribution in [0.3, 0.4) is 0 Å². The predicted octanol–water partition coefficient (Wildman–Crippen LogP) is 2.47. The minimum Gasteiger partial charge on any atom is -0.449 e. The van der Waals surface area contributed by atoms with Crippen LogP contribution >= 0.6 is 0 Å². The number of amides is 1. The lowest BCUT2D eigenvalue weighted by Gasteiger charge is -2.22. The largest absolute Gasteiger partial charge is 0.449 e. The van der Waals surface area contributed by atoms with Crippen molar-refractivity contribution < 1.29 is 14.1 Å². The molecule has 1 N–H and O–H groups in total. The zero-order valence-corrected chi connectivity index (χ0v) is 12.1. The number of carbonyl (C=O) groups excluding carboxylic acids is 1. The molecule has 1 aliphatic heterocycles. The molecule has 0 atom stereocenters. The highest BCUT2D eigenvalue weighted by Crippen LogP contribution is 2.37. The number of furan rings is 1. The van der Waals surface area contributed by atoms with Gasteiger partial charge in [-0.15, -0.1) is 0 Å². The van der Waals surface area contributed by atoms with Gasteiger partial charge < -0.3 is 14.6 Å². The summed E-state index contributed by atoms with van der Waals surface area (Å²) < 4.78 is 5.62. The number of benzene rings is 1. The van der Waals surface area contributed by atoms with Crippen LogP contribution in [0, 0.1) is 10.1 Å². The summed E-state index contributed by atoms with van der Waals surface area (Å²) in [5, 5.41) is 14.3. The van der Waals surface area contributed by atoms with Gasteiger partial charge in [0.25, 0.3) is 11.6 Å². The molecule has 0 fully saturated rings. The van der Waals surface area contributed by atoms with Crippen LogP contribution in [-0.2, 0) is 0 Å². The van der Waals surface area contributed by atoms with E-state index in [0.717, 1.165) is 5.57 Å². The highest BCUT2D eigenvalue weighted by atomic mass is 16.6. The van der Waals surface area contributed by atoms with Crippen LogP contribution < -0.4 is 10.2 Å². The lowest BCUT2D eigenvalue weighted by Crippen LogP contribution is -2.31. The quantitative estimate of drug-likeness (QED) is 0.534. The highest BCUT2D eigenvalue weighted by Gasteiger charge is 2.28. The van der Waals surface area contributed by atoms with E-state index in [1.807, 2.05) is 11.8 Å². The maximum absolute atomic E-state index is 12.1. The van der Waals surface area contributed by atoms with E-state index in [2.05, 4.69) is 11.9 Å². The molecule has 3 rings (SSSR count). The van der Waals surface area contributed by atoms with Gasteiger partial charge in [0.2, 0.25) is 5.76 Å². The molecule has 0 saturated carbocycles. The van der Waals surface area contributed by atoms with Crippen molar-refractivity contribution in [3.05, 3.63) is 46.2 Å². The minimum atomic E-state index is -0.460. The number of nitro benzene ring substituents is 1. The van der Waals surface area contributed by atoms with Crippen LogP contribution in [0.25, 0.3) is 11.0 Å². The standard InChI is InChI=1S/C15H15N3O4/c1-9(2)8-17-6-5-16-15(19)14-13(17)11-7-10(18(20)21)3-4-12(11)22-14/h3-4,7H,1,5-6,8H2,2H3,(H,16,19). The summed E-state index contributed by atoms with van der Waals surface area (Å²) in [7, 11) is 0. The Morgan fingerprint density at radius 3 is 3.00 bits per heavy atom. The van der Waals surface area contributed by atoms with Crippen LogP contribution in [0.1, 0.15) is 17.5 Å². The summed E-state index contributed by atoms with van der Waals surface area (Å²) >= 11 is 0. The molecule has 7 nitrogen and oxygen atoms in total. The smallest absolute Gasteiger partial charge is 0.289 e. The molecule has 1 aromatic carbocycles. The van der Waals surface area contributed by atoms with Crippen molar-refractivity contribution in [1.29, 1.82) is 0 Å². The molecule has 2 heterocycles. The first kappa shape index (κ1) is 14.1. The second kappa shape index (κ2) is 5.18. The van der Waals surface area contributed by atoms with Crippen LogP contribution in [0.5, 0.6) is 0 Å². The lowest BCUT2D eigenvalue weighted by molar-refractivity contribution is -0.384. The number of nitrogens with zero attached hydrogens (tertiary/aromatic N) is 2. The molecule has 1 aliphatic rings. The van der Waals surface area contributed by atoms with Crippen molar-refractivity contribution in [2.45, 2.75) is 6.92 Å². The molecule has 0 radical (unpaired) electrons. The fourth-order valence-electron chi connectivity index (χ4n) is 2.63. The van der Waals surface area contributed by atoms with Gasteiger partial charge >= 0.3 is 0 Å². The molecule has 0 saturated heterocycles. The van der Waals surface area contributed by atoms with Crippen molar-refractivity contribution in [2.24, 2.45) is 0 Å². The summed E-state index contributed by atoms with van der Waals surface area (Å²) in [4.78, 5) is 24.6. The monoisotopic (exact) mass is 301 g/mol. The topological polar surface area (TPSA) is 88.6 Å². The van der Waals surface area contributed by atoms with Crippen molar-refractivity contribution in [3.63, 3.8) is 0 Å². The Hall–Kier alpha value is -2.83. The van der Waals surface area contributed by atoms with Gasteiger partial charge in [-0.2, -0.15) is 0 Å². The Morgan fingerprint density at radius 1 is 1.55 bits per heavy atom. The second-order valence-corrected chi connectivity index (χ2v) is 5.35. The molecule has 0 unspecified atom stereocenters. The second-order valence-electron chi connectivity index (χ2n) is 5.35. The molecule has 0 aliphatic carbocycles. The van der Waals surface area contributed by atoms with Crippen molar-refractivity contribution in [1.82, 2.24) is 5.32 Å². The lowest BCUT2D eigenvalue weighted by atomic mass is 10.1. The van der Waals surface area contributed by atoms with Gasteiger partial charge in [0.15, 0.2) is 0 Å². The highest BCUT2D eigenvalue weighted by molar-refractivity contribution is 6.07. The molecule has 0 spiro atoms. The van der Waals surface area contributed by atoms with E-state index < -0.39 is 4.92 Å². The summed E-state index contributed by atoms with van der Waals surface area (Å²) in [5.41, 5.74) is 1.95. The maximum Gasteiger partial charge on any atom is 0.289 e. The van der Waals surface area contributed by atoms with Crippen molar-refractivity contribution in [2.75, 3.05) is 24.5 Å². The molecule has 114 valence electrons. The van der Waals surface area contributed by atoms with E-state index >= 15 is 0 Å². The number of nitro groups is 1. The third kappa shape index (κ3) is 2.30. The average molecular weight is 301 g/mol. The van der Waals surface area contributed by atoms with E-state index in [1.165, 1.54) is 18.2 Å². The van der Waals surface area contributed by atoms with Gasteiger partial charge in [-0.05, 0) is 13.0 Å². The van der Waals surface area contributed by atoms with Gasteiger partial charge in [0, 0.05) is 31.8 Å². The first-order chi connectivity index (χ1) is 10.5. The summed E-state index contributed by atoms with van der Waals surface area (Å²) in [6, 6.07) is 4.34. The third-order valence-electron chi connectivity index (χ3n) is 3.51. The molecular weight excluding hydrogens is 286 g/mol. The fourth-order valence-corrected chi connectivity index (χ4v) is 2.63. The number of rotatable bonds is 3. The normalized spacial score (nSPS) is 14.4. The first-order valence-electron chi connectivity index (χ1n) is 6.86. The Kier molecular flexibility index (Phi) is 3.32. The first-order valence-corrected chi connectivity index (χ1v) is 6.86. The van der Waals surface area contributed by atoms with E-state index in [9.17, 15) is 14.9 Å². The summed E-state index contributed by atoms with van der Waals surface area (Å²) in [6.45, 7) is 7.41. The Balaban J connectivity index is 2.24. The third-order valence-corrected chi connectivity index (χ3v) is 3.51. The zero-order valence-electron chi connectivity index (χ0n) is 12.1. The van der Waals surface area contributed by atoms with Crippen LogP contribution in [0.4, 0.5) is 11.4 Å². The van der Waals surface area contributed by atoms with Gasteiger partial charge in [-0.1, -0.05) is 12.2 Å². The van der Waals surface area contributed by atoms with Gasteiger partial charge in [0.05, 0.1) is 16.0 Å². The number of carbonyl (C=O) groups is 1. The molecule has 1 amide bonds. The van der Waals surface area contributed by atoms with E-state index in [-0.39, 0.29) is 17.4 Å². The molecule has 1 aromatic heterocycles. The molecule has 2 aromatic rings. The SMILES string of the molecule is C=C(C)CN1CCNC(=O)c2oc3ccc([N+](=O)[O-])cc3c21. The number of fused-ring (bicyclic) bond motifs is 3. The molecular formula is C15H15N3O4. The van der Waals surface area contributed by atoms with Crippen molar-refractivity contribution in [3.8, 4) is 0 Å². The Bertz CT molecular complexity index is 793. The number of nitrogens with one attached hydrogen (secondary N) is 1. The zero-order chi connectivity index (χ0) is 15.9. The molecule has 0 bridgehead atoms. The van der Waals surface area contributed by atoms with Gasteiger partial charge in [0.1, 0.15) is 5.58 Å².